The van der Waals surface area contributed by atoms with Crippen LogP contribution in [0, 0.1) is 0 Å². The Kier molecular flexibility index (Phi) is 1.61. The summed E-state index contributed by atoms with van der Waals surface area (Å²) in [5.41, 5.74) is 0. The standard InChI is InChI=1S/C5H5.C4H3.Co/c1-2-4-5-3-1;1-2-4-3-1;/h1-3H,4H2;1-3H;. The van der Waals surface area contributed by atoms with E-state index >= 15 is 0 Å². The molecule has 1 heteroatoms. The molecule has 0 nitrogen and oxygen atoms in total. The molecule has 0 fully saturated rings. The van der Waals surface area contributed by atoms with Crippen molar-refractivity contribution in [1.82, 2.24) is 0 Å². The minimum atomic E-state index is 1.14. The molecule has 0 N–H and O–H groups in total. The van der Waals surface area contributed by atoms with Gasteiger partial charge in [-0.25, -0.2) is 0 Å². The Morgan fingerprint density at radius 3 is 2.60 bits per heavy atom. The fourth-order valence-corrected chi connectivity index (χ4v) is 1.99. The van der Waals surface area contributed by atoms with Gasteiger partial charge >= 0.3 is 66.6 Å². The van der Waals surface area contributed by atoms with E-state index in [9.17, 15) is 0 Å². The summed E-state index contributed by atoms with van der Waals surface area (Å²) in [7, 11) is 0. The molecule has 0 bridgehead atoms. The van der Waals surface area contributed by atoms with Crippen LogP contribution in [-0.2, 0) is 14.7 Å². The van der Waals surface area contributed by atoms with Crippen molar-refractivity contribution in [1.29, 1.82) is 0 Å². The molecule has 0 aromatic heterocycles. The van der Waals surface area contributed by atoms with E-state index in [2.05, 4.69) is 36.5 Å². The second-order valence-electron chi connectivity index (χ2n) is 2.19. The van der Waals surface area contributed by atoms with Crippen molar-refractivity contribution in [3.8, 4) is 0 Å². The molecule has 0 spiro atoms. The molecular weight excluding hydrogens is 167 g/mol. The third-order valence-electron chi connectivity index (χ3n) is 1.41. The van der Waals surface area contributed by atoms with Crippen molar-refractivity contribution in [3.63, 3.8) is 0 Å². The molecular formula is C9H8Co. The molecule has 0 aliphatic heterocycles. The Hall–Kier alpha value is -0.534. The summed E-state index contributed by atoms with van der Waals surface area (Å²) >= 11 is 1.42. The van der Waals surface area contributed by atoms with Crippen LogP contribution in [0.2, 0.25) is 0 Å². The fourth-order valence-electron chi connectivity index (χ4n) is 0.813. The van der Waals surface area contributed by atoms with Gasteiger partial charge in [-0.3, -0.25) is 0 Å². The van der Waals surface area contributed by atoms with Gasteiger partial charge in [0.05, 0.1) is 0 Å². The molecule has 0 unspecified atom stereocenters. The molecule has 0 amide bonds. The number of allylic oxidation sites excluding steroid dienone is 8. The zero-order valence-corrected chi connectivity index (χ0v) is 6.55. The monoisotopic (exact) mass is 175 g/mol. The first kappa shape index (κ1) is 6.19. The van der Waals surface area contributed by atoms with E-state index in [1.165, 1.54) is 23.7 Å². The Balaban J connectivity index is 1.91. The quantitative estimate of drug-likeness (QED) is 0.604. The Morgan fingerprint density at radius 1 is 1.20 bits per heavy atom. The second kappa shape index (κ2) is 2.60. The van der Waals surface area contributed by atoms with Gasteiger partial charge in [0.25, 0.3) is 0 Å². The number of rotatable bonds is 2. The Morgan fingerprint density at radius 2 is 2.10 bits per heavy atom. The van der Waals surface area contributed by atoms with Crippen LogP contribution in [0.25, 0.3) is 0 Å². The first-order valence-electron chi connectivity index (χ1n) is 3.29. The summed E-state index contributed by atoms with van der Waals surface area (Å²) < 4.78 is 2.94. The van der Waals surface area contributed by atoms with E-state index < -0.39 is 0 Å². The van der Waals surface area contributed by atoms with E-state index in [4.69, 9.17) is 0 Å². The molecule has 10 heavy (non-hydrogen) atoms. The first-order chi connectivity index (χ1) is 4.95. The number of hydrogen-bond donors (Lipinski definition) is 0. The maximum absolute atomic E-state index is 2.20. The first-order valence-corrected chi connectivity index (χ1v) is 4.34. The van der Waals surface area contributed by atoms with Crippen molar-refractivity contribution in [2.45, 2.75) is 6.42 Å². The molecule has 0 atom stereocenters. The molecule has 0 aromatic carbocycles. The van der Waals surface area contributed by atoms with Gasteiger partial charge in [-0.2, -0.15) is 0 Å². The van der Waals surface area contributed by atoms with Crippen molar-refractivity contribution >= 4 is 0 Å². The van der Waals surface area contributed by atoms with Gasteiger partial charge in [0.15, 0.2) is 0 Å². The van der Waals surface area contributed by atoms with Crippen molar-refractivity contribution in [3.05, 3.63) is 45.5 Å². The summed E-state index contributed by atoms with van der Waals surface area (Å²) in [6.45, 7) is 0. The van der Waals surface area contributed by atoms with Crippen LogP contribution >= 0.6 is 0 Å². The van der Waals surface area contributed by atoms with Crippen LogP contribution in [0.5, 0.6) is 0 Å². The fraction of sp³-hybridized carbons (Fsp3) is 0.111. The van der Waals surface area contributed by atoms with Crippen LogP contribution in [0.4, 0.5) is 0 Å². The topological polar surface area (TPSA) is 0 Å². The Labute approximate surface area is 67.0 Å². The SMILES string of the molecule is C1=CC[C]([Co][C]2=CC=C2)=C1. The average Bonchev–Trinajstić information content (AvgIpc) is 2.29. The summed E-state index contributed by atoms with van der Waals surface area (Å²) in [6.07, 6.45) is 14.1. The van der Waals surface area contributed by atoms with Crippen molar-refractivity contribution in [2.75, 3.05) is 0 Å². The van der Waals surface area contributed by atoms with E-state index in [1.807, 2.05) is 0 Å². The van der Waals surface area contributed by atoms with Crippen LogP contribution < -0.4 is 0 Å². The molecule has 2 rings (SSSR count). The van der Waals surface area contributed by atoms with E-state index in [0.29, 0.717) is 0 Å². The van der Waals surface area contributed by atoms with E-state index in [0.717, 1.165) is 6.42 Å². The third-order valence-corrected chi connectivity index (χ3v) is 2.78. The van der Waals surface area contributed by atoms with Gasteiger partial charge in [-0.05, 0) is 0 Å². The summed E-state index contributed by atoms with van der Waals surface area (Å²) in [5.74, 6) is 0. The third kappa shape index (κ3) is 1.15. The van der Waals surface area contributed by atoms with Crippen molar-refractivity contribution < 1.29 is 14.7 Å². The van der Waals surface area contributed by atoms with Gasteiger partial charge in [0.1, 0.15) is 0 Å². The zero-order valence-electron chi connectivity index (χ0n) is 5.50. The Bertz CT molecular complexity index is 254. The molecule has 2 aliphatic rings. The predicted molar refractivity (Wildman–Crippen MR) is 39.1 cm³/mol. The normalized spacial score (nSPS) is 20.8. The van der Waals surface area contributed by atoms with Gasteiger partial charge < -0.3 is 0 Å². The molecule has 0 radical (unpaired) electrons. The molecule has 0 aromatic rings. The zero-order chi connectivity index (χ0) is 6.81. The molecule has 2 aliphatic carbocycles. The average molecular weight is 175 g/mol. The predicted octanol–water partition coefficient (Wildman–Crippen LogP) is 2.37. The van der Waals surface area contributed by atoms with Crippen LogP contribution in [0.15, 0.2) is 45.5 Å². The van der Waals surface area contributed by atoms with Gasteiger partial charge in [0.2, 0.25) is 0 Å². The van der Waals surface area contributed by atoms with Gasteiger partial charge in [-0.15, -0.1) is 0 Å². The van der Waals surface area contributed by atoms with E-state index in [-0.39, 0.29) is 0 Å². The summed E-state index contributed by atoms with van der Waals surface area (Å²) in [4.78, 5) is 0. The van der Waals surface area contributed by atoms with Gasteiger partial charge in [0, 0.05) is 0 Å². The van der Waals surface area contributed by atoms with Gasteiger partial charge in [-0.1, -0.05) is 0 Å². The minimum absolute atomic E-state index is 1.14. The van der Waals surface area contributed by atoms with Crippen molar-refractivity contribution in [2.24, 2.45) is 0 Å². The molecule has 0 saturated carbocycles. The number of hydrogen-bond acceptors (Lipinski definition) is 0. The summed E-state index contributed by atoms with van der Waals surface area (Å²) in [5, 5.41) is 0. The second-order valence-corrected chi connectivity index (χ2v) is 3.72. The molecule has 0 saturated heterocycles. The molecule has 0 heterocycles. The van der Waals surface area contributed by atoms with E-state index in [1.54, 1.807) is 0 Å². The van der Waals surface area contributed by atoms with Crippen LogP contribution in [0.1, 0.15) is 6.42 Å². The summed E-state index contributed by atoms with van der Waals surface area (Å²) in [6, 6.07) is 0. The van der Waals surface area contributed by atoms with Crippen LogP contribution in [-0.4, -0.2) is 0 Å². The van der Waals surface area contributed by atoms with Crippen LogP contribution in [0.3, 0.4) is 0 Å². The maximum atomic E-state index is 2.20. The molecule has 53 valence electrons.